The first-order valence-electron chi connectivity index (χ1n) is 11.2. The van der Waals surface area contributed by atoms with Crippen LogP contribution in [0.15, 0.2) is 54.6 Å². The van der Waals surface area contributed by atoms with Gasteiger partial charge in [-0.1, -0.05) is 54.6 Å². The molecule has 0 saturated heterocycles. The first kappa shape index (κ1) is 27.7. The first-order chi connectivity index (χ1) is 15.9. The lowest BCUT2D eigenvalue weighted by Crippen LogP contribution is -2.51. The third-order valence-electron chi connectivity index (χ3n) is 6.46. The second-order valence-corrected chi connectivity index (χ2v) is 8.81. The molecule has 1 aliphatic rings. The van der Waals surface area contributed by atoms with E-state index in [1.165, 1.54) is 12.5 Å². The Balaban J connectivity index is 0.00000129. The molecule has 1 fully saturated rings. The van der Waals surface area contributed by atoms with Gasteiger partial charge in [-0.25, -0.2) is 0 Å². The Kier molecular flexibility index (Phi) is 9.57. The van der Waals surface area contributed by atoms with Crippen molar-refractivity contribution in [3.8, 4) is 6.07 Å². The molecule has 4 unspecified atom stereocenters. The van der Waals surface area contributed by atoms with Crippen LogP contribution in [0.5, 0.6) is 0 Å². The fourth-order valence-electron chi connectivity index (χ4n) is 4.34. The SMILES string of the molecule is CC#N.CC(CCc1ccc(C2CC(C(F)(F)F)C2C(F)(F)F)cc1)N(C)Cc1ccccc1. The Labute approximate surface area is 197 Å². The monoisotopic (exact) mass is 484 g/mol. The number of nitriles is 1. The van der Waals surface area contributed by atoms with Gasteiger partial charge in [0, 0.05) is 19.5 Å². The Bertz CT molecular complexity index is 916. The zero-order chi connectivity index (χ0) is 25.5. The minimum atomic E-state index is -4.86. The number of alkyl halides is 6. The number of nitrogens with zero attached hydrogens (tertiary/aromatic N) is 2. The molecule has 2 aromatic rings. The number of hydrogen-bond acceptors (Lipinski definition) is 2. The van der Waals surface area contributed by atoms with Crippen molar-refractivity contribution < 1.29 is 26.3 Å². The lowest BCUT2D eigenvalue weighted by molar-refractivity contribution is -0.292. The zero-order valence-corrected chi connectivity index (χ0v) is 19.5. The minimum absolute atomic E-state index is 0.300. The molecule has 0 heterocycles. The summed E-state index contributed by atoms with van der Waals surface area (Å²) in [6, 6.07) is 18.8. The van der Waals surface area contributed by atoms with E-state index in [-0.39, 0.29) is 0 Å². The van der Waals surface area contributed by atoms with Crippen molar-refractivity contribution in [1.29, 1.82) is 5.26 Å². The number of rotatable bonds is 7. The first-order valence-corrected chi connectivity index (χ1v) is 11.2. The van der Waals surface area contributed by atoms with E-state index in [0.29, 0.717) is 11.6 Å². The van der Waals surface area contributed by atoms with Crippen LogP contribution in [0, 0.1) is 23.2 Å². The maximum Gasteiger partial charge on any atom is 0.393 e. The lowest BCUT2D eigenvalue weighted by atomic mass is 9.61. The van der Waals surface area contributed by atoms with Gasteiger partial charge in [-0.15, -0.1) is 0 Å². The standard InChI is InChI=1S/C24H27F6N.C2H3N/c1-16(31(2)15-18-6-4-3-5-7-18)8-9-17-10-12-19(13-11-17)20-14-21(23(25,26)27)22(20)24(28,29)30;1-2-3/h3-7,10-13,16,20-22H,8-9,14-15H2,1-2H3;1H3. The van der Waals surface area contributed by atoms with Gasteiger partial charge in [-0.3, -0.25) is 4.90 Å². The van der Waals surface area contributed by atoms with Gasteiger partial charge in [-0.2, -0.15) is 31.6 Å². The summed E-state index contributed by atoms with van der Waals surface area (Å²) in [5.74, 6) is -5.79. The zero-order valence-electron chi connectivity index (χ0n) is 19.5. The van der Waals surface area contributed by atoms with E-state index in [1.807, 2.05) is 25.2 Å². The highest BCUT2D eigenvalue weighted by atomic mass is 19.4. The van der Waals surface area contributed by atoms with Crippen LogP contribution in [0.1, 0.15) is 49.3 Å². The van der Waals surface area contributed by atoms with E-state index in [0.717, 1.165) is 24.9 Å². The Morgan fingerprint density at radius 3 is 2.00 bits per heavy atom. The molecule has 0 aromatic heterocycles. The summed E-state index contributed by atoms with van der Waals surface area (Å²) in [6.07, 6.45) is -8.57. The van der Waals surface area contributed by atoms with E-state index >= 15 is 0 Å². The van der Waals surface area contributed by atoms with Crippen LogP contribution < -0.4 is 0 Å². The normalized spacial score (nSPS) is 21.1. The molecule has 8 heteroatoms. The second-order valence-electron chi connectivity index (χ2n) is 8.81. The molecule has 3 rings (SSSR count). The number of aryl methyl sites for hydroxylation is 1. The minimum Gasteiger partial charge on any atom is -0.299 e. The largest absolute Gasteiger partial charge is 0.393 e. The van der Waals surface area contributed by atoms with E-state index in [2.05, 4.69) is 24.0 Å². The maximum absolute atomic E-state index is 13.2. The van der Waals surface area contributed by atoms with Gasteiger partial charge in [0.2, 0.25) is 0 Å². The van der Waals surface area contributed by atoms with Crippen molar-refractivity contribution >= 4 is 0 Å². The summed E-state index contributed by atoms with van der Waals surface area (Å²) in [4.78, 5) is 2.24. The third-order valence-corrected chi connectivity index (χ3v) is 6.46. The van der Waals surface area contributed by atoms with E-state index in [1.54, 1.807) is 30.3 Å². The van der Waals surface area contributed by atoms with Crippen molar-refractivity contribution in [1.82, 2.24) is 4.90 Å². The topological polar surface area (TPSA) is 27.0 Å². The average Bonchev–Trinajstić information content (AvgIpc) is 2.71. The Morgan fingerprint density at radius 2 is 1.50 bits per heavy atom. The summed E-state index contributed by atoms with van der Waals surface area (Å²) in [7, 11) is 2.05. The van der Waals surface area contributed by atoms with Crippen molar-refractivity contribution in [2.45, 2.75) is 64.0 Å². The van der Waals surface area contributed by atoms with Gasteiger partial charge in [0.05, 0.1) is 17.9 Å². The molecule has 2 nitrogen and oxygen atoms in total. The van der Waals surface area contributed by atoms with E-state index in [9.17, 15) is 26.3 Å². The van der Waals surface area contributed by atoms with Crippen molar-refractivity contribution in [3.63, 3.8) is 0 Å². The van der Waals surface area contributed by atoms with E-state index in [4.69, 9.17) is 5.26 Å². The summed E-state index contributed by atoms with van der Waals surface area (Å²) in [6.45, 7) is 4.37. The van der Waals surface area contributed by atoms with Crippen molar-refractivity contribution in [3.05, 3.63) is 71.3 Å². The van der Waals surface area contributed by atoms with Gasteiger partial charge in [0.15, 0.2) is 0 Å². The predicted molar refractivity (Wildman–Crippen MR) is 120 cm³/mol. The molecular weight excluding hydrogens is 454 g/mol. The predicted octanol–water partition coefficient (Wildman–Crippen LogP) is 7.51. The van der Waals surface area contributed by atoms with Crippen molar-refractivity contribution in [2.24, 2.45) is 11.8 Å². The molecule has 1 aliphatic carbocycles. The fourth-order valence-corrected chi connectivity index (χ4v) is 4.34. The molecule has 0 amide bonds. The van der Waals surface area contributed by atoms with Gasteiger partial charge in [0.25, 0.3) is 0 Å². The van der Waals surface area contributed by atoms with Crippen LogP contribution in [-0.2, 0) is 13.0 Å². The highest BCUT2D eigenvalue weighted by molar-refractivity contribution is 5.29. The maximum atomic E-state index is 13.2. The molecule has 0 radical (unpaired) electrons. The van der Waals surface area contributed by atoms with Crippen LogP contribution in [0.25, 0.3) is 0 Å². The third kappa shape index (κ3) is 7.49. The van der Waals surface area contributed by atoms with Crippen LogP contribution in [-0.4, -0.2) is 30.3 Å². The Hall–Kier alpha value is -2.53. The second kappa shape index (κ2) is 11.7. The van der Waals surface area contributed by atoms with Crippen LogP contribution in [0.4, 0.5) is 26.3 Å². The fraction of sp³-hybridized carbons (Fsp3) is 0.500. The molecule has 4 atom stereocenters. The molecule has 0 bridgehead atoms. The summed E-state index contributed by atoms with van der Waals surface area (Å²) in [5, 5.41) is 7.32. The van der Waals surface area contributed by atoms with Crippen LogP contribution in [0.2, 0.25) is 0 Å². The molecular formula is C26H30F6N2. The van der Waals surface area contributed by atoms with Gasteiger partial charge < -0.3 is 0 Å². The average molecular weight is 485 g/mol. The molecule has 34 heavy (non-hydrogen) atoms. The van der Waals surface area contributed by atoms with E-state index < -0.39 is 36.5 Å². The molecule has 0 aliphatic heterocycles. The molecule has 2 aromatic carbocycles. The Morgan fingerprint density at radius 1 is 0.941 bits per heavy atom. The molecule has 186 valence electrons. The van der Waals surface area contributed by atoms with Gasteiger partial charge in [0.1, 0.15) is 0 Å². The lowest BCUT2D eigenvalue weighted by Gasteiger charge is -2.46. The van der Waals surface area contributed by atoms with Crippen LogP contribution >= 0.6 is 0 Å². The quantitative estimate of drug-likeness (QED) is 0.380. The summed E-state index contributed by atoms with van der Waals surface area (Å²) < 4.78 is 78.4. The molecule has 0 spiro atoms. The smallest absolute Gasteiger partial charge is 0.299 e. The highest BCUT2D eigenvalue weighted by Crippen LogP contribution is 2.59. The number of halogens is 6. The summed E-state index contributed by atoms with van der Waals surface area (Å²) in [5.41, 5.74) is 2.53. The molecule has 1 saturated carbocycles. The van der Waals surface area contributed by atoms with Gasteiger partial charge in [-0.05, 0) is 55.8 Å². The van der Waals surface area contributed by atoms with Crippen molar-refractivity contribution in [2.75, 3.05) is 7.05 Å². The van der Waals surface area contributed by atoms with Gasteiger partial charge >= 0.3 is 12.4 Å². The highest BCUT2D eigenvalue weighted by Gasteiger charge is 2.64. The summed E-state index contributed by atoms with van der Waals surface area (Å²) >= 11 is 0. The van der Waals surface area contributed by atoms with Crippen LogP contribution in [0.3, 0.4) is 0 Å². The number of hydrogen-bond donors (Lipinski definition) is 0. The molecule has 0 N–H and O–H groups in total. The number of benzene rings is 2.